The summed E-state index contributed by atoms with van der Waals surface area (Å²) in [5, 5.41) is 7.41. The summed E-state index contributed by atoms with van der Waals surface area (Å²) in [4.78, 5) is 11.9. The number of halogens is 1. The molecule has 37 heavy (non-hydrogen) atoms. The molecule has 0 bridgehead atoms. The SMILES string of the molecule is C=Cc1cncc(-c2nnc(NS(=O)(=O)[C@H](C)Cc3ncc(F)cn3)n2-c2c(OC)cccc2OC)c1. The zero-order chi connectivity index (χ0) is 26.6. The maximum absolute atomic E-state index is 13.3. The maximum atomic E-state index is 13.3. The van der Waals surface area contributed by atoms with E-state index in [4.69, 9.17) is 9.47 Å². The molecule has 11 nitrogen and oxygen atoms in total. The smallest absolute Gasteiger partial charge is 0.243 e. The Balaban J connectivity index is 1.82. The van der Waals surface area contributed by atoms with Gasteiger partial charge >= 0.3 is 0 Å². The minimum atomic E-state index is -4.03. The molecule has 0 saturated carbocycles. The highest BCUT2D eigenvalue weighted by atomic mass is 32.2. The third kappa shape index (κ3) is 5.40. The molecule has 4 rings (SSSR count). The van der Waals surface area contributed by atoms with Gasteiger partial charge in [-0.3, -0.25) is 14.3 Å². The van der Waals surface area contributed by atoms with Crippen molar-refractivity contribution < 1.29 is 22.3 Å². The molecule has 13 heteroatoms. The van der Waals surface area contributed by atoms with E-state index in [0.29, 0.717) is 22.7 Å². The van der Waals surface area contributed by atoms with Gasteiger partial charge in [0.2, 0.25) is 16.0 Å². The van der Waals surface area contributed by atoms with E-state index in [1.807, 2.05) is 0 Å². The van der Waals surface area contributed by atoms with Crippen molar-refractivity contribution in [1.82, 2.24) is 29.7 Å². The van der Waals surface area contributed by atoms with Crippen LogP contribution in [0.25, 0.3) is 23.2 Å². The van der Waals surface area contributed by atoms with Crippen molar-refractivity contribution in [3.63, 3.8) is 0 Å². The average molecular weight is 526 g/mol. The Morgan fingerprint density at radius 3 is 2.41 bits per heavy atom. The lowest BCUT2D eigenvalue weighted by Crippen LogP contribution is -2.29. The average Bonchev–Trinajstić information content (AvgIpc) is 3.31. The van der Waals surface area contributed by atoms with Gasteiger partial charge in [-0.2, -0.15) is 0 Å². The van der Waals surface area contributed by atoms with Crippen molar-refractivity contribution in [1.29, 1.82) is 0 Å². The summed E-state index contributed by atoms with van der Waals surface area (Å²) in [5.74, 6) is 0.529. The molecule has 0 saturated heterocycles. The molecule has 3 aromatic heterocycles. The second kappa shape index (κ2) is 10.7. The van der Waals surface area contributed by atoms with Crippen LogP contribution in [0.15, 0.2) is 55.6 Å². The quantitative estimate of drug-likeness (QED) is 0.331. The van der Waals surface area contributed by atoms with Crippen molar-refractivity contribution in [3.8, 4) is 28.6 Å². The standard InChI is InChI=1S/C24H24FN7O4S/c1-5-16-10-17(12-26-11-16)23-29-30-24(32(23)22-19(35-3)7-6-8-20(22)36-4)31-37(33,34)15(2)9-21-27-13-18(25)14-28-21/h5-8,10-15H,1,9H2,2-4H3,(H,30,31)/t15-/m1/s1. The van der Waals surface area contributed by atoms with Crippen LogP contribution in [0.4, 0.5) is 10.3 Å². The van der Waals surface area contributed by atoms with Crippen molar-refractivity contribution in [3.05, 3.63) is 72.8 Å². The number of methoxy groups -OCH3 is 2. The molecule has 1 N–H and O–H groups in total. The van der Waals surface area contributed by atoms with Crippen LogP contribution in [0.1, 0.15) is 18.3 Å². The summed E-state index contributed by atoms with van der Waals surface area (Å²) in [7, 11) is -1.07. The molecule has 4 aromatic rings. The van der Waals surface area contributed by atoms with Crippen LogP contribution in [-0.2, 0) is 16.4 Å². The summed E-state index contributed by atoms with van der Waals surface area (Å²) < 4.78 is 54.9. The Morgan fingerprint density at radius 2 is 1.78 bits per heavy atom. The number of anilines is 1. The molecule has 192 valence electrons. The predicted molar refractivity (Wildman–Crippen MR) is 135 cm³/mol. The molecule has 0 unspecified atom stereocenters. The van der Waals surface area contributed by atoms with E-state index in [9.17, 15) is 12.8 Å². The summed E-state index contributed by atoms with van der Waals surface area (Å²) in [6.45, 7) is 5.25. The molecule has 1 atom stereocenters. The second-order valence-corrected chi connectivity index (χ2v) is 9.98. The van der Waals surface area contributed by atoms with E-state index >= 15 is 0 Å². The molecule has 0 radical (unpaired) electrons. The van der Waals surface area contributed by atoms with E-state index < -0.39 is 21.1 Å². The molecule has 0 fully saturated rings. The molecular weight excluding hydrogens is 501 g/mol. The van der Waals surface area contributed by atoms with Crippen LogP contribution in [0.3, 0.4) is 0 Å². The van der Waals surface area contributed by atoms with Gasteiger partial charge in [0.15, 0.2) is 11.6 Å². The highest BCUT2D eigenvalue weighted by Crippen LogP contribution is 2.37. The molecule has 3 heterocycles. The lowest BCUT2D eigenvalue weighted by molar-refractivity contribution is 0.391. The Labute approximate surface area is 213 Å². The lowest BCUT2D eigenvalue weighted by Gasteiger charge is -2.19. The maximum Gasteiger partial charge on any atom is 0.243 e. The van der Waals surface area contributed by atoms with Gasteiger partial charge in [-0.25, -0.2) is 22.8 Å². The third-order valence-electron chi connectivity index (χ3n) is 5.45. The first-order valence-electron chi connectivity index (χ1n) is 11.0. The highest BCUT2D eigenvalue weighted by molar-refractivity contribution is 7.93. The van der Waals surface area contributed by atoms with Crippen LogP contribution in [0.2, 0.25) is 0 Å². The van der Waals surface area contributed by atoms with Gasteiger partial charge in [0, 0.05) is 24.4 Å². The van der Waals surface area contributed by atoms with Gasteiger partial charge in [-0.1, -0.05) is 18.7 Å². The molecule has 1 aromatic carbocycles. The number of nitrogens with zero attached hydrogens (tertiary/aromatic N) is 6. The zero-order valence-corrected chi connectivity index (χ0v) is 21.1. The fraction of sp³-hybridized carbons (Fsp3) is 0.208. The number of benzene rings is 1. The second-order valence-electron chi connectivity index (χ2n) is 7.88. The highest BCUT2D eigenvalue weighted by Gasteiger charge is 2.28. The minimum absolute atomic E-state index is 0.0557. The van der Waals surface area contributed by atoms with Gasteiger partial charge in [0.05, 0.1) is 31.9 Å². The number of sulfonamides is 1. The van der Waals surface area contributed by atoms with Gasteiger partial charge < -0.3 is 9.47 Å². The van der Waals surface area contributed by atoms with Crippen LogP contribution in [-0.4, -0.2) is 57.6 Å². The first kappa shape index (κ1) is 25.7. The molecule has 0 aliphatic heterocycles. The Bertz CT molecular complexity index is 1500. The lowest BCUT2D eigenvalue weighted by atomic mass is 10.2. The van der Waals surface area contributed by atoms with Crippen LogP contribution in [0, 0.1) is 5.82 Å². The van der Waals surface area contributed by atoms with Crippen molar-refractivity contribution >= 4 is 22.0 Å². The van der Waals surface area contributed by atoms with Gasteiger partial charge in [0.1, 0.15) is 23.0 Å². The van der Waals surface area contributed by atoms with E-state index in [1.54, 1.807) is 42.7 Å². The fourth-order valence-electron chi connectivity index (χ4n) is 3.53. The molecule has 0 aliphatic rings. The third-order valence-corrected chi connectivity index (χ3v) is 7.14. The summed E-state index contributed by atoms with van der Waals surface area (Å²) in [6.07, 6.45) is 6.74. The monoisotopic (exact) mass is 525 g/mol. The van der Waals surface area contributed by atoms with Crippen LogP contribution >= 0.6 is 0 Å². The number of para-hydroxylation sites is 1. The Morgan fingerprint density at radius 1 is 1.11 bits per heavy atom. The number of nitrogens with one attached hydrogen (secondary N) is 1. The number of rotatable bonds is 10. The Hall–Kier alpha value is -4.39. The van der Waals surface area contributed by atoms with Crippen LogP contribution in [0.5, 0.6) is 11.5 Å². The zero-order valence-electron chi connectivity index (χ0n) is 20.3. The first-order valence-corrected chi connectivity index (χ1v) is 12.5. The topological polar surface area (TPSA) is 134 Å². The predicted octanol–water partition coefficient (Wildman–Crippen LogP) is 3.29. The van der Waals surface area contributed by atoms with E-state index in [0.717, 1.165) is 18.0 Å². The first-order chi connectivity index (χ1) is 17.8. The van der Waals surface area contributed by atoms with Crippen molar-refractivity contribution in [2.24, 2.45) is 0 Å². The largest absolute Gasteiger partial charge is 0.494 e. The van der Waals surface area contributed by atoms with Gasteiger partial charge in [-0.15, -0.1) is 10.2 Å². The van der Waals surface area contributed by atoms with Crippen molar-refractivity contribution in [2.75, 3.05) is 18.9 Å². The number of hydrogen-bond donors (Lipinski definition) is 1. The van der Waals surface area contributed by atoms with E-state index in [1.165, 1.54) is 25.7 Å². The van der Waals surface area contributed by atoms with Crippen LogP contribution < -0.4 is 14.2 Å². The minimum Gasteiger partial charge on any atom is -0.494 e. The summed E-state index contributed by atoms with van der Waals surface area (Å²) >= 11 is 0. The molecular formula is C24H24FN7O4S. The molecule has 0 aliphatic carbocycles. The normalized spacial score (nSPS) is 12.1. The van der Waals surface area contributed by atoms with Gasteiger partial charge in [0.25, 0.3) is 0 Å². The van der Waals surface area contributed by atoms with Gasteiger partial charge in [-0.05, 0) is 30.7 Å². The Kier molecular flexibility index (Phi) is 7.43. The van der Waals surface area contributed by atoms with E-state index in [2.05, 4.69) is 36.5 Å². The fourth-order valence-corrected chi connectivity index (χ4v) is 4.49. The van der Waals surface area contributed by atoms with E-state index in [-0.39, 0.29) is 24.0 Å². The number of pyridine rings is 1. The number of aromatic nitrogens is 6. The number of ether oxygens (including phenoxy) is 2. The summed E-state index contributed by atoms with van der Waals surface area (Å²) in [6, 6.07) is 6.93. The molecule has 0 spiro atoms. The van der Waals surface area contributed by atoms with Crippen molar-refractivity contribution in [2.45, 2.75) is 18.6 Å². The molecule has 0 amide bonds. The number of hydrogen-bond acceptors (Lipinski definition) is 9. The summed E-state index contributed by atoms with van der Waals surface area (Å²) in [5.41, 5.74) is 1.66.